The number of hydrogen-bond donors (Lipinski definition) is 1. The first-order chi connectivity index (χ1) is 7.75. The smallest absolute Gasteiger partial charge is 0.145 e. The largest absolute Gasteiger partial charge is 0.382 e. The lowest BCUT2D eigenvalue weighted by Gasteiger charge is -2.22. The molecule has 0 fully saturated rings. The summed E-state index contributed by atoms with van der Waals surface area (Å²) in [6.45, 7) is 0.953. The summed E-state index contributed by atoms with van der Waals surface area (Å²) in [5.74, 6) is 0.913. The first-order valence-electron chi connectivity index (χ1n) is 5.43. The molecule has 2 N–H and O–H groups in total. The van der Waals surface area contributed by atoms with Crippen LogP contribution in [0.1, 0.15) is 30.1 Å². The molecule has 0 spiro atoms. The van der Waals surface area contributed by atoms with Crippen molar-refractivity contribution in [2.75, 3.05) is 5.73 Å². The molecule has 6 heteroatoms. The van der Waals surface area contributed by atoms with Gasteiger partial charge in [0.15, 0.2) is 0 Å². The number of nitrogen functional groups attached to an aromatic ring is 1. The maximum atomic E-state index is 5.74. The summed E-state index contributed by atoms with van der Waals surface area (Å²) in [5, 5.41) is 12.2. The van der Waals surface area contributed by atoms with E-state index in [1.165, 1.54) is 5.69 Å². The quantitative estimate of drug-likeness (QED) is 0.757. The highest BCUT2D eigenvalue weighted by molar-refractivity contribution is 5.35. The number of fused-ring (bicyclic) bond motifs is 1. The third kappa shape index (κ3) is 1.30. The van der Waals surface area contributed by atoms with Crippen LogP contribution >= 0.6 is 0 Å². The molecule has 6 nitrogen and oxygen atoms in total. The Morgan fingerprint density at radius 3 is 3.06 bits per heavy atom. The van der Waals surface area contributed by atoms with Gasteiger partial charge in [-0.1, -0.05) is 5.21 Å². The lowest BCUT2D eigenvalue weighted by molar-refractivity contribution is 0.441. The molecule has 0 radical (unpaired) electrons. The van der Waals surface area contributed by atoms with Crippen molar-refractivity contribution in [3.05, 3.63) is 23.7 Å². The minimum Gasteiger partial charge on any atom is -0.382 e. The molecule has 1 atom stereocenters. The van der Waals surface area contributed by atoms with Crippen LogP contribution in [0.4, 0.5) is 5.82 Å². The average Bonchev–Trinajstić information content (AvgIpc) is 2.82. The monoisotopic (exact) mass is 218 g/mol. The standard InChI is InChI=1S/C10H14N6/c1-15-9(6-12-14-15)7-3-2-4-16-8(7)5-10(11)13-16/h5-7H,2-4H2,1H3,(H2,11,13). The molecule has 1 unspecified atom stereocenters. The van der Waals surface area contributed by atoms with Crippen LogP contribution in [0.15, 0.2) is 12.3 Å². The van der Waals surface area contributed by atoms with Gasteiger partial charge < -0.3 is 5.73 Å². The van der Waals surface area contributed by atoms with E-state index >= 15 is 0 Å². The van der Waals surface area contributed by atoms with Gasteiger partial charge in [0.25, 0.3) is 0 Å². The van der Waals surface area contributed by atoms with Gasteiger partial charge in [0.1, 0.15) is 5.82 Å². The maximum Gasteiger partial charge on any atom is 0.145 e. The molecule has 2 aromatic heterocycles. The van der Waals surface area contributed by atoms with E-state index in [9.17, 15) is 0 Å². The molecule has 1 aliphatic rings. The van der Waals surface area contributed by atoms with Gasteiger partial charge in [0, 0.05) is 31.3 Å². The predicted octanol–water partition coefficient (Wildman–Crippen LogP) is 0.519. The molecular weight excluding hydrogens is 204 g/mol. The summed E-state index contributed by atoms with van der Waals surface area (Å²) >= 11 is 0. The van der Waals surface area contributed by atoms with Crippen LogP contribution in [-0.2, 0) is 13.6 Å². The second kappa shape index (κ2) is 3.33. The highest BCUT2D eigenvalue weighted by Gasteiger charge is 2.25. The summed E-state index contributed by atoms with van der Waals surface area (Å²) in [4.78, 5) is 0. The molecule has 84 valence electrons. The fourth-order valence-corrected chi connectivity index (χ4v) is 2.42. The van der Waals surface area contributed by atoms with E-state index in [0.29, 0.717) is 11.7 Å². The molecule has 0 amide bonds. The summed E-state index contributed by atoms with van der Waals surface area (Å²) in [5.41, 5.74) is 8.04. The molecule has 0 aromatic carbocycles. The van der Waals surface area contributed by atoms with Crippen LogP contribution in [0.2, 0.25) is 0 Å². The third-order valence-electron chi connectivity index (χ3n) is 3.16. The summed E-state index contributed by atoms with van der Waals surface area (Å²) < 4.78 is 3.82. The molecule has 2 aromatic rings. The lowest BCUT2D eigenvalue weighted by atomic mass is 9.93. The molecule has 0 aliphatic carbocycles. The Hall–Kier alpha value is -1.85. The lowest BCUT2D eigenvalue weighted by Crippen LogP contribution is -2.19. The normalized spacial score (nSPS) is 19.7. The topological polar surface area (TPSA) is 74.5 Å². The maximum absolute atomic E-state index is 5.74. The highest BCUT2D eigenvalue weighted by atomic mass is 15.4. The fraction of sp³-hybridized carbons (Fsp3) is 0.500. The third-order valence-corrected chi connectivity index (χ3v) is 3.16. The Morgan fingerprint density at radius 1 is 1.44 bits per heavy atom. The van der Waals surface area contributed by atoms with E-state index < -0.39 is 0 Å². The van der Waals surface area contributed by atoms with Crippen LogP contribution in [0.25, 0.3) is 0 Å². The fourth-order valence-electron chi connectivity index (χ4n) is 2.42. The zero-order valence-electron chi connectivity index (χ0n) is 9.17. The van der Waals surface area contributed by atoms with E-state index in [2.05, 4.69) is 15.4 Å². The second-order valence-electron chi connectivity index (χ2n) is 4.19. The first-order valence-corrected chi connectivity index (χ1v) is 5.43. The molecule has 3 heterocycles. The van der Waals surface area contributed by atoms with E-state index in [1.807, 2.05) is 28.7 Å². The van der Waals surface area contributed by atoms with Crippen molar-refractivity contribution in [1.29, 1.82) is 0 Å². The van der Waals surface area contributed by atoms with E-state index in [0.717, 1.165) is 25.1 Å². The van der Waals surface area contributed by atoms with Gasteiger partial charge in [-0.15, -0.1) is 5.10 Å². The summed E-state index contributed by atoms with van der Waals surface area (Å²) in [6, 6.07) is 1.96. The minimum atomic E-state index is 0.318. The van der Waals surface area contributed by atoms with Gasteiger partial charge in [-0.25, -0.2) is 0 Å². The van der Waals surface area contributed by atoms with Gasteiger partial charge in [-0.05, 0) is 12.8 Å². The summed E-state index contributed by atoms with van der Waals surface area (Å²) in [6.07, 6.45) is 4.04. The number of hydrogen-bond acceptors (Lipinski definition) is 4. The molecule has 0 saturated carbocycles. The first kappa shape index (κ1) is 9.38. The highest BCUT2D eigenvalue weighted by Crippen LogP contribution is 2.33. The predicted molar refractivity (Wildman–Crippen MR) is 58.7 cm³/mol. The minimum absolute atomic E-state index is 0.318. The Balaban J connectivity index is 2.08. The van der Waals surface area contributed by atoms with E-state index in [4.69, 9.17) is 5.73 Å². The molecule has 3 rings (SSSR count). The Bertz CT molecular complexity index is 511. The Kier molecular flexibility index (Phi) is 1.95. The average molecular weight is 218 g/mol. The number of aromatic nitrogens is 5. The molecule has 16 heavy (non-hydrogen) atoms. The SMILES string of the molecule is Cn1nncc1C1CCCn2nc(N)cc21. The van der Waals surface area contributed by atoms with Crippen molar-refractivity contribution in [2.24, 2.45) is 7.05 Å². The molecular formula is C10H14N6. The van der Waals surface area contributed by atoms with Gasteiger partial charge in [-0.3, -0.25) is 9.36 Å². The second-order valence-corrected chi connectivity index (χ2v) is 4.19. The zero-order chi connectivity index (χ0) is 11.1. The van der Waals surface area contributed by atoms with Gasteiger partial charge in [-0.2, -0.15) is 5.10 Å². The molecule has 0 saturated heterocycles. The van der Waals surface area contributed by atoms with Crippen molar-refractivity contribution < 1.29 is 0 Å². The van der Waals surface area contributed by atoms with Crippen molar-refractivity contribution in [3.63, 3.8) is 0 Å². The molecule has 1 aliphatic heterocycles. The number of rotatable bonds is 1. The van der Waals surface area contributed by atoms with Gasteiger partial charge >= 0.3 is 0 Å². The van der Waals surface area contributed by atoms with Crippen molar-refractivity contribution in [1.82, 2.24) is 24.8 Å². The van der Waals surface area contributed by atoms with Crippen LogP contribution < -0.4 is 5.73 Å². The van der Waals surface area contributed by atoms with Crippen molar-refractivity contribution in [3.8, 4) is 0 Å². The Morgan fingerprint density at radius 2 is 2.31 bits per heavy atom. The van der Waals surface area contributed by atoms with E-state index in [-0.39, 0.29) is 0 Å². The Labute approximate surface area is 93.0 Å². The van der Waals surface area contributed by atoms with Gasteiger partial charge in [0.05, 0.1) is 11.9 Å². The van der Waals surface area contributed by atoms with Crippen molar-refractivity contribution >= 4 is 5.82 Å². The number of anilines is 1. The zero-order valence-corrected chi connectivity index (χ0v) is 9.17. The van der Waals surface area contributed by atoms with E-state index in [1.54, 1.807) is 0 Å². The van der Waals surface area contributed by atoms with Crippen molar-refractivity contribution in [2.45, 2.75) is 25.3 Å². The number of nitrogens with two attached hydrogens (primary N) is 1. The molecule has 0 bridgehead atoms. The van der Waals surface area contributed by atoms with Crippen LogP contribution in [0, 0.1) is 0 Å². The van der Waals surface area contributed by atoms with Crippen LogP contribution in [0.3, 0.4) is 0 Å². The number of nitrogens with zero attached hydrogens (tertiary/aromatic N) is 5. The van der Waals surface area contributed by atoms with Gasteiger partial charge in [0.2, 0.25) is 0 Å². The van der Waals surface area contributed by atoms with Crippen LogP contribution in [-0.4, -0.2) is 24.8 Å². The number of aryl methyl sites for hydroxylation is 2. The summed E-state index contributed by atoms with van der Waals surface area (Å²) in [7, 11) is 1.92. The van der Waals surface area contributed by atoms with Crippen LogP contribution in [0.5, 0.6) is 0 Å².